The van der Waals surface area contributed by atoms with Crippen LogP contribution in [0.25, 0.3) is 0 Å². The van der Waals surface area contributed by atoms with Crippen LogP contribution in [0, 0.1) is 17.0 Å². The van der Waals surface area contributed by atoms with Crippen LogP contribution in [0.3, 0.4) is 0 Å². The van der Waals surface area contributed by atoms with Gasteiger partial charge in [0.05, 0.1) is 4.92 Å². The fourth-order valence-electron chi connectivity index (χ4n) is 3.85. The number of nitro groups is 1. The summed E-state index contributed by atoms with van der Waals surface area (Å²) in [6, 6.07) is 16.5. The van der Waals surface area contributed by atoms with Gasteiger partial charge >= 0.3 is 0 Å². The van der Waals surface area contributed by atoms with Gasteiger partial charge in [-0.3, -0.25) is 19.9 Å². The van der Waals surface area contributed by atoms with Crippen LogP contribution in [-0.2, 0) is 6.54 Å². The van der Waals surface area contributed by atoms with Crippen LogP contribution in [0.5, 0.6) is 0 Å². The summed E-state index contributed by atoms with van der Waals surface area (Å²) in [5, 5.41) is 14.7. The SMILES string of the molecule is Cc1cccc(C(=O)N2CCN(c3ccc([N+](=O)[O-])c(NCc4cccnc4)c3)CC2)c1. The monoisotopic (exact) mass is 431 g/mol. The smallest absolute Gasteiger partial charge is 0.292 e. The second-order valence-corrected chi connectivity index (χ2v) is 7.82. The molecule has 1 saturated heterocycles. The Balaban J connectivity index is 1.44. The van der Waals surface area contributed by atoms with Gasteiger partial charge < -0.3 is 15.1 Å². The van der Waals surface area contributed by atoms with Crippen molar-refractivity contribution < 1.29 is 9.72 Å². The van der Waals surface area contributed by atoms with E-state index in [1.165, 1.54) is 6.07 Å². The topological polar surface area (TPSA) is 91.6 Å². The maximum atomic E-state index is 12.8. The lowest BCUT2D eigenvalue weighted by Crippen LogP contribution is -2.48. The maximum Gasteiger partial charge on any atom is 0.292 e. The number of anilines is 2. The van der Waals surface area contributed by atoms with Crippen molar-refractivity contribution in [2.24, 2.45) is 0 Å². The summed E-state index contributed by atoms with van der Waals surface area (Å²) in [4.78, 5) is 32.0. The van der Waals surface area contributed by atoms with Crippen LogP contribution in [-0.4, -0.2) is 46.9 Å². The Kier molecular flexibility index (Phi) is 6.30. The van der Waals surface area contributed by atoms with E-state index < -0.39 is 0 Å². The van der Waals surface area contributed by atoms with E-state index in [4.69, 9.17) is 0 Å². The third kappa shape index (κ3) is 4.85. The number of nitrogens with zero attached hydrogens (tertiary/aromatic N) is 4. The summed E-state index contributed by atoms with van der Waals surface area (Å²) < 4.78 is 0. The second-order valence-electron chi connectivity index (χ2n) is 7.82. The molecule has 8 nitrogen and oxygen atoms in total. The molecule has 0 saturated carbocycles. The van der Waals surface area contributed by atoms with E-state index in [9.17, 15) is 14.9 Å². The first kappa shape index (κ1) is 21.3. The summed E-state index contributed by atoms with van der Waals surface area (Å²) >= 11 is 0. The van der Waals surface area contributed by atoms with Gasteiger partial charge in [0.1, 0.15) is 5.69 Å². The number of carbonyl (C=O) groups is 1. The number of rotatable bonds is 6. The molecule has 0 radical (unpaired) electrons. The summed E-state index contributed by atoms with van der Waals surface area (Å²) in [5.41, 5.74) is 4.10. The van der Waals surface area contributed by atoms with Crippen LogP contribution in [0.4, 0.5) is 17.1 Å². The van der Waals surface area contributed by atoms with Gasteiger partial charge in [-0.2, -0.15) is 0 Å². The van der Waals surface area contributed by atoms with Crippen LogP contribution >= 0.6 is 0 Å². The van der Waals surface area contributed by atoms with Gasteiger partial charge in [0.2, 0.25) is 0 Å². The van der Waals surface area contributed by atoms with Gasteiger partial charge in [-0.1, -0.05) is 23.8 Å². The fraction of sp³-hybridized carbons (Fsp3) is 0.250. The highest BCUT2D eigenvalue weighted by Gasteiger charge is 2.24. The number of benzene rings is 2. The predicted octanol–water partition coefficient (Wildman–Crippen LogP) is 3.87. The summed E-state index contributed by atoms with van der Waals surface area (Å²) in [6.45, 7) is 4.94. The lowest BCUT2D eigenvalue weighted by atomic mass is 10.1. The van der Waals surface area contributed by atoms with Crippen molar-refractivity contribution in [2.45, 2.75) is 13.5 Å². The van der Waals surface area contributed by atoms with Crippen LogP contribution in [0.2, 0.25) is 0 Å². The van der Waals surface area contributed by atoms with Crippen molar-refractivity contribution in [1.82, 2.24) is 9.88 Å². The highest BCUT2D eigenvalue weighted by atomic mass is 16.6. The summed E-state index contributed by atoms with van der Waals surface area (Å²) in [7, 11) is 0. The molecule has 1 fully saturated rings. The molecule has 0 aliphatic carbocycles. The molecule has 32 heavy (non-hydrogen) atoms. The Morgan fingerprint density at radius 1 is 1.09 bits per heavy atom. The summed E-state index contributed by atoms with van der Waals surface area (Å²) in [6.07, 6.45) is 3.42. The minimum absolute atomic E-state index is 0.0332. The number of piperazine rings is 1. The third-order valence-corrected chi connectivity index (χ3v) is 5.58. The average Bonchev–Trinajstić information content (AvgIpc) is 2.83. The first-order valence-corrected chi connectivity index (χ1v) is 10.5. The van der Waals surface area contributed by atoms with Gasteiger partial charge in [0.15, 0.2) is 0 Å². The zero-order valence-corrected chi connectivity index (χ0v) is 17.9. The molecule has 0 spiro atoms. The molecule has 1 aromatic heterocycles. The number of pyridine rings is 1. The Morgan fingerprint density at radius 2 is 1.91 bits per heavy atom. The maximum absolute atomic E-state index is 12.8. The number of amides is 1. The van der Waals surface area contributed by atoms with E-state index in [1.807, 2.05) is 54.3 Å². The van der Waals surface area contributed by atoms with E-state index >= 15 is 0 Å². The minimum atomic E-state index is -0.381. The molecule has 0 unspecified atom stereocenters. The lowest BCUT2D eigenvalue weighted by molar-refractivity contribution is -0.384. The first-order valence-electron chi connectivity index (χ1n) is 10.5. The minimum Gasteiger partial charge on any atom is -0.375 e. The molecule has 1 aliphatic heterocycles. The fourth-order valence-corrected chi connectivity index (χ4v) is 3.85. The number of aromatic nitrogens is 1. The molecule has 0 bridgehead atoms. The van der Waals surface area contributed by atoms with Gasteiger partial charge in [-0.15, -0.1) is 0 Å². The quantitative estimate of drug-likeness (QED) is 0.471. The van der Waals surface area contributed by atoms with Crippen molar-refractivity contribution in [2.75, 3.05) is 36.4 Å². The molecule has 4 rings (SSSR count). The Hall–Kier alpha value is -3.94. The molecule has 2 heterocycles. The predicted molar refractivity (Wildman–Crippen MR) is 124 cm³/mol. The molecule has 8 heteroatoms. The van der Waals surface area contributed by atoms with Gasteiger partial charge in [0, 0.05) is 62.4 Å². The molecule has 3 aromatic rings. The molecule has 1 N–H and O–H groups in total. The zero-order valence-electron chi connectivity index (χ0n) is 17.9. The molecule has 1 aliphatic rings. The molecule has 1 amide bonds. The zero-order chi connectivity index (χ0) is 22.5. The summed E-state index contributed by atoms with van der Waals surface area (Å²) in [5.74, 6) is 0.0378. The lowest BCUT2D eigenvalue weighted by Gasteiger charge is -2.36. The Bertz CT molecular complexity index is 1110. The van der Waals surface area contributed by atoms with Gasteiger partial charge in [-0.25, -0.2) is 0 Å². The van der Waals surface area contributed by atoms with Crippen LogP contribution in [0.15, 0.2) is 67.0 Å². The van der Waals surface area contributed by atoms with Crippen molar-refractivity contribution >= 4 is 23.0 Å². The van der Waals surface area contributed by atoms with E-state index in [1.54, 1.807) is 18.5 Å². The number of hydrogen-bond acceptors (Lipinski definition) is 6. The highest BCUT2D eigenvalue weighted by Crippen LogP contribution is 2.30. The van der Waals surface area contributed by atoms with E-state index in [2.05, 4.69) is 15.2 Å². The molecule has 164 valence electrons. The van der Waals surface area contributed by atoms with Crippen LogP contribution in [0.1, 0.15) is 21.5 Å². The highest BCUT2D eigenvalue weighted by molar-refractivity contribution is 5.94. The largest absolute Gasteiger partial charge is 0.375 e. The number of nitro benzene ring substituents is 1. The van der Waals surface area contributed by atoms with Crippen LogP contribution < -0.4 is 10.2 Å². The van der Waals surface area contributed by atoms with Gasteiger partial charge in [0.25, 0.3) is 11.6 Å². The van der Waals surface area contributed by atoms with E-state index in [0.29, 0.717) is 44.0 Å². The number of carbonyl (C=O) groups excluding carboxylic acids is 1. The standard InChI is InChI=1S/C24H25N5O3/c1-18-4-2-6-20(14-18)24(30)28-12-10-27(11-13-28)21-7-8-23(29(31)32)22(15-21)26-17-19-5-3-9-25-16-19/h2-9,14-16,26H,10-13,17H2,1H3. The first-order chi connectivity index (χ1) is 15.5. The third-order valence-electron chi connectivity index (χ3n) is 5.58. The Labute approximate surface area is 186 Å². The number of hydrogen-bond donors (Lipinski definition) is 1. The molecule has 2 aromatic carbocycles. The van der Waals surface area contributed by atoms with Crippen molar-refractivity contribution in [3.05, 3.63) is 93.8 Å². The van der Waals surface area contributed by atoms with Crippen molar-refractivity contribution in [3.63, 3.8) is 0 Å². The second kappa shape index (κ2) is 9.47. The number of aryl methyl sites for hydroxylation is 1. The van der Waals surface area contributed by atoms with Crippen molar-refractivity contribution in [3.8, 4) is 0 Å². The van der Waals surface area contributed by atoms with E-state index in [-0.39, 0.29) is 16.5 Å². The molecular formula is C24H25N5O3. The molecule has 0 atom stereocenters. The van der Waals surface area contributed by atoms with E-state index in [0.717, 1.165) is 16.8 Å². The number of nitrogens with one attached hydrogen (secondary N) is 1. The average molecular weight is 431 g/mol. The van der Waals surface area contributed by atoms with Crippen molar-refractivity contribution in [1.29, 1.82) is 0 Å². The normalized spacial score (nSPS) is 13.7. The Morgan fingerprint density at radius 3 is 2.59 bits per heavy atom. The molecular weight excluding hydrogens is 406 g/mol. The van der Waals surface area contributed by atoms with Gasteiger partial charge in [-0.05, 0) is 42.8 Å².